The topological polar surface area (TPSA) is 44.7 Å². The van der Waals surface area contributed by atoms with Gasteiger partial charge in [0.15, 0.2) is 5.17 Å². The zero-order chi connectivity index (χ0) is 13.4. The van der Waals surface area contributed by atoms with Crippen molar-refractivity contribution >= 4 is 44.5 Å². The molecule has 2 heterocycles. The second-order valence-electron chi connectivity index (χ2n) is 4.64. The molecule has 1 atom stereocenters. The molecule has 0 bridgehead atoms. The highest BCUT2D eigenvalue weighted by molar-refractivity contribution is 9.10. The Morgan fingerprint density at radius 2 is 2.42 bits per heavy atom. The molecule has 0 spiro atoms. The van der Waals surface area contributed by atoms with Gasteiger partial charge in [-0.15, -0.1) is 0 Å². The number of amides is 1. The van der Waals surface area contributed by atoms with E-state index in [9.17, 15) is 4.79 Å². The molecule has 0 saturated carbocycles. The van der Waals surface area contributed by atoms with Gasteiger partial charge in [0, 0.05) is 35.9 Å². The monoisotopic (exact) mass is 339 g/mol. The first-order chi connectivity index (χ1) is 9.13. The predicted molar refractivity (Wildman–Crippen MR) is 82.7 cm³/mol. The summed E-state index contributed by atoms with van der Waals surface area (Å²) in [5.74, 6) is 1.08. The molecule has 1 unspecified atom stereocenters. The van der Waals surface area contributed by atoms with Crippen molar-refractivity contribution in [2.24, 2.45) is 4.99 Å². The lowest BCUT2D eigenvalue weighted by atomic mass is 10.1. The molecule has 1 amide bonds. The lowest BCUT2D eigenvalue weighted by Crippen LogP contribution is -2.22. The van der Waals surface area contributed by atoms with E-state index in [-0.39, 0.29) is 11.9 Å². The third-order valence-corrected chi connectivity index (χ3v) is 4.93. The van der Waals surface area contributed by atoms with Gasteiger partial charge in [-0.05, 0) is 23.8 Å². The lowest BCUT2D eigenvalue weighted by molar-refractivity contribution is -0.114. The molecular formula is C13H14BrN3OS. The molecule has 2 aliphatic heterocycles. The summed E-state index contributed by atoms with van der Waals surface area (Å²) in [7, 11) is 0. The normalized spacial score (nSPS) is 21.3. The summed E-state index contributed by atoms with van der Waals surface area (Å²) in [6.45, 7) is 3.54. The molecule has 1 fully saturated rings. The fourth-order valence-corrected chi connectivity index (χ4v) is 3.91. The number of carbonyl (C=O) groups is 1. The van der Waals surface area contributed by atoms with Crippen LogP contribution in [0.1, 0.15) is 18.5 Å². The highest BCUT2D eigenvalue weighted by Gasteiger charge is 2.31. The molecule has 4 nitrogen and oxygen atoms in total. The van der Waals surface area contributed by atoms with E-state index in [1.807, 2.05) is 30.0 Å². The van der Waals surface area contributed by atoms with Gasteiger partial charge in [-0.25, -0.2) is 0 Å². The number of fused-ring (bicyclic) bond motifs is 1. The van der Waals surface area contributed by atoms with E-state index in [1.54, 1.807) is 0 Å². The maximum Gasteiger partial charge on any atom is 0.221 e. The number of nitrogens with one attached hydrogen (secondary N) is 1. The Hall–Kier alpha value is -1.01. The van der Waals surface area contributed by atoms with Crippen LogP contribution in [-0.4, -0.2) is 34.8 Å². The molecule has 0 radical (unpaired) electrons. The number of thioether (sulfide) groups is 1. The summed E-state index contributed by atoms with van der Waals surface area (Å²) in [6.07, 6.45) is 0. The van der Waals surface area contributed by atoms with E-state index in [2.05, 4.69) is 26.1 Å². The summed E-state index contributed by atoms with van der Waals surface area (Å²) in [5, 5.41) is 3.97. The summed E-state index contributed by atoms with van der Waals surface area (Å²) in [5.41, 5.74) is 1.96. The maximum atomic E-state index is 11.1. The van der Waals surface area contributed by atoms with Crippen molar-refractivity contribution in [3.8, 4) is 0 Å². The first kappa shape index (κ1) is 13.0. The standard InChI is InChI=1S/C13H14BrN3OS/c1-8(18)15-9-2-3-11(14)10(6-9)12-7-17-4-5-19-13(17)16-12/h2-3,6,12H,4-5,7H2,1H3,(H,15,18). The lowest BCUT2D eigenvalue weighted by Gasteiger charge is -2.15. The SMILES string of the molecule is CC(=O)Nc1ccc(Br)c(C2CN3CCSC3=N2)c1. The van der Waals surface area contributed by atoms with Crippen LogP contribution in [0.15, 0.2) is 27.7 Å². The van der Waals surface area contributed by atoms with Crippen LogP contribution in [-0.2, 0) is 4.79 Å². The first-order valence-electron chi connectivity index (χ1n) is 6.16. The van der Waals surface area contributed by atoms with E-state index in [4.69, 9.17) is 4.99 Å². The molecule has 19 heavy (non-hydrogen) atoms. The van der Waals surface area contributed by atoms with E-state index in [0.717, 1.165) is 39.7 Å². The van der Waals surface area contributed by atoms with E-state index in [0.29, 0.717) is 0 Å². The molecule has 6 heteroatoms. The van der Waals surface area contributed by atoms with Crippen molar-refractivity contribution in [1.29, 1.82) is 0 Å². The summed E-state index contributed by atoms with van der Waals surface area (Å²) < 4.78 is 1.04. The number of hydrogen-bond acceptors (Lipinski definition) is 4. The van der Waals surface area contributed by atoms with Crippen LogP contribution in [0.4, 0.5) is 5.69 Å². The number of amidine groups is 1. The Balaban J connectivity index is 1.88. The van der Waals surface area contributed by atoms with Crippen molar-refractivity contribution in [1.82, 2.24) is 4.90 Å². The van der Waals surface area contributed by atoms with Gasteiger partial charge in [-0.3, -0.25) is 9.79 Å². The zero-order valence-electron chi connectivity index (χ0n) is 10.5. The first-order valence-corrected chi connectivity index (χ1v) is 7.94. The Kier molecular flexibility index (Phi) is 3.54. The van der Waals surface area contributed by atoms with Crippen molar-refractivity contribution in [2.45, 2.75) is 13.0 Å². The van der Waals surface area contributed by atoms with Gasteiger partial charge in [-0.2, -0.15) is 0 Å². The van der Waals surface area contributed by atoms with Crippen molar-refractivity contribution in [3.63, 3.8) is 0 Å². The minimum atomic E-state index is -0.0535. The third kappa shape index (κ3) is 2.65. The van der Waals surface area contributed by atoms with Crippen LogP contribution in [0.5, 0.6) is 0 Å². The molecular weight excluding hydrogens is 326 g/mol. The highest BCUT2D eigenvalue weighted by Crippen LogP contribution is 2.36. The fraction of sp³-hybridized carbons (Fsp3) is 0.385. The van der Waals surface area contributed by atoms with Crippen LogP contribution in [0.3, 0.4) is 0 Å². The minimum absolute atomic E-state index is 0.0535. The average Bonchev–Trinajstić information content (AvgIpc) is 2.91. The summed E-state index contributed by atoms with van der Waals surface area (Å²) in [6, 6.07) is 6.03. The molecule has 3 rings (SSSR count). The Morgan fingerprint density at radius 3 is 3.16 bits per heavy atom. The molecule has 1 saturated heterocycles. The summed E-state index contributed by atoms with van der Waals surface area (Å²) >= 11 is 5.40. The van der Waals surface area contributed by atoms with Gasteiger partial charge < -0.3 is 10.2 Å². The van der Waals surface area contributed by atoms with Gasteiger partial charge in [0.1, 0.15) is 0 Å². The van der Waals surface area contributed by atoms with Crippen LogP contribution >= 0.6 is 27.7 Å². The van der Waals surface area contributed by atoms with E-state index in [1.165, 1.54) is 6.92 Å². The fourth-order valence-electron chi connectivity index (χ4n) is 2.35. The number of nitrogens with zero attached hydrogens (tertiary/aromatic N) is 2. The van der Waals surface area contributed by atoms with Gasteiger partial charge in [0.2, 0.25) is 5.91 Å². The van der Waals surface area contributed by atoms with Crippen molar-refractivity contribution in [3.05, 3.63) is 28.2 Å². The number of rotatable bonds is 2. The Morgan fingerprint density at radius 1 is 1.58 bits per heavy atom. The van der Waals surface area contributed by atoms with Crippen LogP contribution in [0, 0.1) is 0 Å². The minimum Gasteiger partial charge on any atom is -0.348 e. The molecule has 1 aromatic rings. The van der Waals surface area contributed by atoms with E-state index < -0.39 is 0 Å². The molecule has 2 aliphatic rings. The number of carbonyl (C=O) groups excluding carboxylic acids is 1. The number of aliphatic imine (C=N–C) groups is 1. The number of anilines is 1. The Bertz CT molecular complexity index is 561. The molecule has 1 N–H and O–H groups in total. The van der Waals surface area contributed by atoms with Gasteiger partial charge in [0.25, 0.3) is 0 Å². The highest BCUT2D eigenvalue weighted by atomic mass is 79.9. The number of halogens is 1. The van der Waals surface area contributed by atoms with Crippen LogP contribution in [0.25, 0.3) is 0 Å². The number of hydrogen-bond donors (Lipinski definition) is 1. The van der Waals surface area contributed by atoms with Gasteiger partial charge in [-0.1, -0.05) is 27.7 Å². The zero-order valence-corrected chi connectivity index (χ0v) is 12.9. The van der Waals surface area contributed by atoms with Crippen molar-refractivity contribution < 1.29 is 4.79 Å². The van der Waals surface area contributed by atoms with E-state index >= 15 is 0 Å². The smallest absolute Gasteiger partial charge is 0.221 e. The maximum absolute atomic E-state index is 11.1. The second kappa shape index (κ2) is 5.17. The Labute approximate surface area is 124 Å². The van der Waals surface area contributed by atoms with Crippen LogP contribution in [0.2, 0.25) is 0 Å². The molecule has 0 aliphatic carbocycles. The largest absolute Gasteiger partial charge is 0.348 e. The average molecular weight is 340 g/mol. The van der Waals surface area contributed by atoms with Crippen molar-refractivity contribution in [2.75, 3.05) is 24.2 Å². The molecule has 0 aromatic heterocycles. The predicted octanol–water partition coefficient (Wildman–Crippen LogP) is 2.87. The second-order valence-corrected chi connectivity index (χ2v) is 6.56. The third-order valence-electron chi connectivity index (χ3n) is 3.20. The molecule has 100 valence electrons. The van der Waals surface area contributed by atoms with Gasteiger partial charge in [0.05, 0.1) is 6.04 Å². The molecule has 1 aromatic carbocycles. The quantitative estimate of drug-likeness (QED) is 0.900. The number of benzene rings is 1. The summed E-state index contributed by atoms with van der Waals surface area (Å²) in [4.78, 5) is 18.2. The van der Waals surface area contributed by atoms with Gasteiger partial charge >= 0.3 is 0 Å². The van der Waals surface area contributed by atoms with Crippen LogP contribution < -0.4 is 5.32 Å².